The van der Waals surface area contributed by atoms with E-state index in [-0.39, 0.29) is 29.0 Å². The Bertz CT molecular complexity index is 1080. The lowest BCUT2D eigenvalue weighted by molar-refractivity contribution is -0.121. The highest BCUT2D eigenvalue weighted by Crippen LogP contribution is 2.28. The van der Waals surface area contributed by atoms with Gasteiger partial charge in [-0.05, 0) is 55.5 Å². The molecule has 4 rings (SSSR count). The maximum Gasteiger partial charge on any atom is 0.243 e. The summed E-state index contributed by atoms with van der Waals surface area (Å²) in [7, 11) is -3.56. The predicted molar refractivity (Wildman–Crippen MR) is 119 cm³/mol. The van der Waals surface area contributed by atoms with Crippen LogP contribution in [0.5, 0.6) is 0 Å². The summed E-state index contributed by atoms with van der Waals surface area (Å²) in [6.07, 6.45) is 4.01. The molecule has 0 aromatic heterocycles. The van der Waals surface area contributed by atoms with E-state index in [2.05, 4.69) is 10.6 Å². The second-order valence-corrected chi connectivity index (χ2v) is 10.1. The molecular formula is C23H27N3O4S. The van der Waals surface area contributed by atoms with Crippen LogP contribution in [-0.2, 0) is 26.0 Å². The normalized spacial score (nSPS) is 19.4. The largest absolute Gasteiger partial charge is 0.326 e. The van der Waals surface area contributed by atoms with Crippen molar-refractivity contribution >= 4 is 33.2 Å². The summed E-state index contributed by atoms with van der Waals surface area (Å²) in [5.74, 6) is -0.563. The molecule has 0 spiro atoms. The number of hydrogen-bond acceptors (Lipinski definition) is 4. The van der Waals surface area contributed by atoms with Gasteiger partial charge in [-0.1, -0.05) is 30.7 Å². The molecule has 8 heteroatoms. The summed E-state index contributed by atoms with van der Waals surface area (Å²) in [4.78, 5) is 25.0. The predicted octanol–water partition coefficient (Wildman–Crippen LogP) is 3.39. The fourth-order valence-electron chi connectivity index (χ4n) is 4.16. The van der Waals surface area contributed by atoms with Gasteiger partial charge >= 0.3 is 0 Å². The van der Waals surface area contributed by atoms with E-state index in [4.69, 9.17) is 0 Å². The minimum absolute atomic E-state index is 0.0684. The van der Waals surface area contributed by atoms with Crippen molar-refractivity contribution in [3.63, 3.8) is 0 Å². The fourth-order valence-corrected chi connectivity index (χ4v) is 5.73. The Morgan fingerprint density at radius 3 is 2.65 bits per heavy atom. The highest BCUT2D eigenvalue weighted by atomic mass is 32.2. The Kier molecular flexibility index (Phi) is 6.38. The Morgan fingerprint density at radius 2 is 1.84 bits per heavy atom. The van der Waals surface area contributed by atoms with Gasteiger partial charge < -0.3 is 10.6 Å². The van der Waals surface area contributed by atoms with Crippen molar-refractivity contribution in [1.82, 2.24) is 4.31 Å². The van der Waals surface area contributed by atoms with Gasteiger partial charge in [0, 0.05) is 36.8 Å². The van der Waals surface area contributed by atoms with E-state index in [1.54, 1.807) is 18.2 Å². The third-order valence-electron chi connectivity index (χ3n) is 5.90. The van der Waals surface area contributed by atoms with E-state index in [1.807, 2.05) is 24.3 Å². The van der Waals surface area contributed by atoms with E-state index >= 15 is 0 Å². The molecule has 1 fully saturated rings. The van der Waals surface area contributed by atoms with Crippen LogP contribution in [0.2, 0.25) is 0 Å². The molecule has 2 aliphatic rings. The molecule has 2 aromatic rings. The number of amides is 2. The average Bonchev–Trinajstić information content (AvgIpc) is 2.78. The number of carbonyl (C=O) groups is 2. The first-order valence-electron chi connectivity index (χ1n) is 10.7. The van der Waals surface area contributed by atoms with Crippen molar-refractivity contribution < 1.29 is 18.0 Å². The van der Waals surface area contributed by atoms with E-state index in [1.165, 1.54) is 10.4 Å². The summed E-state index contributed by atoms with van der Waals surface area (Å²) >= 11 is 0. The molecule has 1 saturated heterocycles. The van der Waals surface area contributed by atoms with Gasteiger partial charge in [0.05, 0.1) is 4.90 Å². The lowest BCUT2D eigenvalue weighted by atomic mass is 9.89. The molecule has 0 radical (unpaired) electrons. The standard InChI is InChI=1S/C23H27N3O4S/c27-22(12-11-18-15-17-7-2-3-10-21(17)25-23(18)28)24-19-8-6-9-20(16-19)31(29,30)26-13-4-1-5-14-26/h2-3,6-10,16,18H,1,4-5,11-15H2,(H,24,27)(H,25,28)/t18-/m1/s1. The van der Waals surface area contributed by atoms with Crippen molar-refractivity contribution in [3.05, 3.63) is 54.1 Å². The minimum atomic E-state index is -3.56. The molecule has 0 unspecified atom stereocenters. The van der Waals surface area contributed by atoms with E-state index in [9.17, 15) is 18.0 Å². The van der Waals surface area contributed by atoms with Crippen LogP contribution in [0.1, 0.15) is 37.7 Å². The molecule has 2 aliphatic heterocycles. The maximum absolute atomic E-state index is 12.9. The number of benzene rings is 2. The number of nitrogens with one attached hydrogen (secondary N) is 2. The molecule has 2 N–H and O–H groups in total. The lowest BCUT2D eigenvalue weighted by Crippen LogP contribution is -2.35. The fraction of sp³-hybridized carbons (Fsp3) is 0.391. The highest BCUT2D eigenvalue weighted by molar-refractivity contribution is 7.89. The highest BCUT2D eigenvalue weighted by Gasteiger charge is 2.27. The summed E-state index contributed by atoms with van der Waals surface area (Å²) < 4.78 is 27.2. The first-order valence-corrected chi connectivity index (χ1v) is 12.2. The number of sulfonamides is 1. The first-order chi connectivity index (χ1) is 14.9. The van der Waals surface area contributed by atoms with Crippen molar-refractivity contribution in [2.24, 2.45) is 5.92 Å². The molecule has 1 atom stereocenters. The molecule has 7 nitrogen and oxygen atoms in total. The van der Waals surface area contributed by atoms with Crippen LogP contribution < -0.4 is 10.6 Å². The second kappa shape index (κ2) is 9.20. The van der Waals surface area contributed by atoms with E-state index < -0.39 is 10.0 Å². The second-order valence-electron chi connectivity index (χ2n) is 8.13. The van der Waals surface area contributed by atoms with Gasteiger partial charge in [-0.2, -0.15) is 4.31 Å². The third-order valence-corrected chi connectivity index (χ3v) is 7.80. The van der Waals surface area contributed by atoms with Gasteiger partial charge in [-0.3, -0.25) is 9.59 Å². The average molecular weight is 442 g/mol. The smallest absolute Gasteiger partial charge is 0.243 e. The van der Waals surface area contributed by atoms with Crippen LogP contribution in [0.25, 0.3) is 0 Å². The van der Waals surface area contributed by atoms with Crippen LogP contribution in [-0.4, -0.2) is 37.6 Å². The zero-order chi connectivity index (χ0) is 21.8. The SMILES string of the molecule is O=C(CC[C@@H]1Cc2ccccc2NC1=O)Nc1cccc(S(=O)(=O)N2CCCCC2)c1. The van der Waals surface area contributed by atoms with Crippen LogP contribution in [0, 0.1) is 5.92 Å². The summed E-state index contributed by atoms with van der Waals surface area (Å²) in [5, 5.41) is 5.67. The van der Waals surface area contributed by atoms with Gasteiger partial charge in [0.1, 0.15) is 0 Å². The molecule has 0 bridgehead atoms. The van der Waals surface area contributed by atoms with E-state index in [0.29, 0.717) is 31.6 Å². The number of para-hydroxylation sites is 1. The molecule has 164 valence electrons. The lowest BCUT2D eigenvalue weighted by Gasteiger charge is -2.26. The van der Waals surface area contributed by atoms with Crippen LogP contribution in [0.3, 0.4) is 0 Å². The third kappa shape index (κ3) is 4.97. The topological polar surface area (TPSA) is 95.6 Å². The van der Waals surface area contributed by atoms with Gasteiger partial charge in [-0.25, -0.2) is 8.42 Å². The number of anilines is 2. The minimum Gasteiger partial charge on any atom is -0.326 e. The quantitative estimate of drug-likeness (QED) is 0.718. The molecule has 2 heterocycles. The number of hydrogen-bond donors (Lipinski definition) is 2. The van der Waals surface area contributed by atoms with Crippen molar-refractivity contribution in [1.29, 1.82) is 0 Å². The van der Waals surface area contributed by atoms with Crippen molar-refractivity contribution in [2.45, 2.75) is 43.4 Å². The molecule has 0 aliphatic carbocycles. The molecule has 31 heavy (non-hydrogen) atoms. The van der Waals surface area contributed by atoms with Crippen LogP contribution in [0.15, 0.2) is 53.4 Å². The Balaban J connectivity index is 1.36. The Hall–Kier alpha value is -2.71. The first kappa shape index (κ1) is 21.5. The van der Waals surface area contributed by atoms with Crippen molar-refractivity contribution in [2.75, 3.05) is 23.7 Å². The zero-order valence-electron chi connectivity index (χ0n) is 17.3. The van der Waals surface area contributed by atoms with Gasteiger partial charge in [0.15, 0.2) is 0 Å². The van der Waals surface area contributed by atoms with Crippen molar-refractivity contribution in [3.8, 4) is 0 Å². The summed E-state index contributed by atoms with van der Waals surface area (Å²) in [6, 6.07) is 14.1. The molecule has 2 amide bonds. The Morgan fingerprint density at radius 1 is 1.06 bits per heavy atom. The van der Waals surface area contributed by atoms with Gasteiger partial charge in [-0.15, -0.1) is 0 Å². The molecular weight excluding hydrogens is 414 g/mol. The summed E-state index contributed by atoms with van der Waals surface area (Å²) in [6.45, 7) is 1.07. The number of rotatable bonds is 6. The van der Waals surface area contributed by atoms with Gasteiger partial charge in [0.2, 0.25) is 21.8 Å². The number of piperidine rings is 1. The molecule has 0 saturated carbocycles. The van der Waals surface area contributed by atoms with E-state index in [0.717, 1.165) is 30.5 Å². The zero-order valence-corrected chi connectivity index (χ0v) is 18.2. The number of nitrogens with zero attached hydrogens (tertiary/aromatic N) is 1. The monoisotopic (exact) mass is 441 g/mol. The van der Waals surface area contributed by atoms with Crippen LogP contribution in [0.4, 0.5) is 11.4 Å². The number of fused-ring (bicyclic) bond motifs is 1. The Labute approximate surface area is 182 Å². The molecule has 2 aromatic carbocycles. The number of carbonyl (C=O) groups excluding carboxylic acids is 2. The maximum atomic E-state index is 12.9. The van der Waals surface area contributed by atoms with Gasteiger partial charge in [0.25, 0.3) is 0 Å². The van der Waals surface area contributed by atoms with Crippen LogP contribution >= 0.6 is 0 Å². The summed E-state index contributed by atoms with van der Waals surface area (Å²) in [5.41, 5.74) is 2.35.